The maximum atomic E-state index is 11.8. The molecule has 0 unspecified atom stereocenters. The minimum absolute atomic E-state index is 0.0413. The normalized spacial score (nSPS) is 14.3. The number of piperazine rings is 1. The van der Waals surface area contributed by atoms with Gasteiger partial charge in [0.15, 0.2) is 0 Å². The summed E-state index contributed by atoms with van der Waals surface area (Å²) < 4.78 is 0. The predicted octanol–water partition coefficient (Wildman–Crippen LogP) is 3.19. The highest BCUT2D eigenvalue weighted by molar-refractivity contribution is 6.34. The molecule has 1 aromatic carbocycles. The topological polar surface area (TPSA) is 75.1 Å². The molecule has 0 aliphatic carbocycles. The zero-order valence-corrected chi connectivity index (χ0v) is 17.1. The van der Waals surface area contributed by atoms with E-state index in [4.69, 9.17) is 11.6 Å². The maximum Gasteiger partial charge on any atom is 0.246 e. The molecule has 29 heavy (non-hydrogen) atoms. The molecule has 3 aromatic rings. The molecule has 0 N–H and O–H groups in total. The molecule has 3 heterocycles. The van der Waals surface area contributed by atoms with E-state index >= 15 is 0 Å². The number of anilines is 1. The lowest BCUT2D eigenvalue weighted by atomic mass is 10.0. The van der Waals surface area contributed by atoms with Crippen LogP contribution in [0.25, 0.3) is 22.2 Å². The second-order valence-corrected chi connectivity index (χ2v) is 7.42. The Morgan fingerprint density at radius 2 is 1.90 bits per heavy atom. The number of aromatic nitrogens is 4. The number of carbonyl (C=O) groups is 1. The summed E-state index contributed by atoms with van der Waals surface area (Å²) >= 11 is 6.66. The predicted molar refractivity (Wildman–Crippen MR) is 114 cm³/mol. The third-order valence-corrected chi connectivity index (χ3v) is 5.43. The number of amides is 1. The molecule has 1 aliphatic rings. The monoisotopic (exact) mass is 408 g/mol. The third kappa shape index (κ3) is 3.65. The molecule has 148 valence electrons. The fraction of sp³-hybridized carbons (Fsp3) is 0.286. The molecular formula is C21H21ClN6O. The average Bonchev–Trinajstić information content (AvgIpc) is 2.74. The molecule has 0 spiro atoms. The Labute approximate surface area is 174 Å². The molecule has 1 aliphatic heterocycles. The Hall–Kier alpha value is -3.06. The van der Waals surface area contributed by atoms with Crippen LogP contribution < -0.4 is 4.90 Å². The number of aryl methyl sites for hydroxylation is 2. The number of nitrogens with zero attached hydrogens (tertiary/aromatic N) is 6. The van der Waals surface area contributed by atoms with E-state index < -0.39 is 0 Å². The zero-order valence-electron chi connectivity index (χ0n) is 16.4. The van der Waals surface area contributed by atoms with Crippen LogP contribution in [0.4, 0.5) is 5.82 Å². The van der Waals surface area contributed by atoms with Crippen molar-refractivity contribution < 1.29 is 4.79 Å². The Kier molecular flexibility index (Phi) is 5.15. The van der Waals surface area contributed by atoms with Crippen molar-refractivity contribution in [1.82, 2.24) is 24.8 Å². The number of rotatable bonds is 3. The van der Waals surface area contributed by atoms with Gasteiger partial charge in [-0.1, -0.05) is 18.2 Å². The fourth-order valence-corrected chi connectivity index (χ4v) is 3.82. The van der Waals surface area contributed by atoms with Crippen LogP contribution in [0.5, 0.6) is 0 Å². The molecule has 1 fully saturated rings. The van der Waals surface area contributed by atoms with Crippen molar-refractivity contribution >= 4 is 34.2 Å². The number of benzene rings is 1. The number of fused-ring (bicyclic) bond motifs is 1. The van der Waals surface area contributed by atoms with E-state index in [1.54, 1.807) is 17.4 Å². The highest BCUT2D eigenvalue weighted by atomic mass is 35.5. The van der Waals surface area contributed by atoms with E-state index in [2.05, 4.69) is 31.4 Å². The second kappa shape index (κ2) is 7.75. The van der Waals surface area contributed by atoms with Crippen molar-refractivity contribution in [1.29, 1.82) is 0 Å². The van der Waals surface area contributed by atoms with Crippen LogP contribution in [-0.2, 0) is 4.79 Å². The van der Waals surface area contributed by atoms with Gasteiger partial charge in [0.25, 0.3) is 0 Å². The van der Waals surface area contributed by atoms with E-state index in [1.165, 1.54) is 6.08 Å². The summed E-state index contributed by atoms with van der Waals surface area (Å²) in [5, 5.41) is 1.48. The van der Waals surface area contributed by atoms with Crippen LogP contribution in [0.3, 0.4) is 0 Å². The van der Waals surface area contributed by atoms with E-state index in [0.717, 1.165) is 33.5 Å². The summed E-state index contributed by atoms with van der Waals surface area (Å²) in [6, 6.07) is 3.86. The van der Waals surface area contributed by atoms with Crippen molar-refractivity contribution in [3.05, 3.63) is 53.7 Å². The quantitative estimate of drug-likeness (QED) is 0.619. The first-order valence-corrected chi connectivity index (χ1v) is 9.77. The van der Waals surface area contributed by atoms with Gasteiger partial charge in [0.05, 0.1) is 16.2 Å². The first-order valence-electron chi connectivity index (χ1n) is 9.39. The summed E-state index contributed by atoms with van der Waals surface area (Å²) in [7, 11) is 0. The Balaban J connectivity index is 1.72. The highest BCUT2D eigenvalue weighted by Gasteiger charge is 2.22. The lowest BCUT2D eigenvalue weighted by molar-refractivity contribution is -0.126. The molecule has 1 saturated heterocycles. The summed E-state index contributed by atoms with van der Waals surface area (Å²) in [4.78, 5) is 33.5. The Morgan fingerprint density at radius 3 is 2.62 bits per heavy atom. The first kappa shape index (κ1) is 19.3. The van der Waals surface area contributed by atoms with Gasteiger partial charge in [-0.25, -0.2) is 19.9 Å². The van der Waals surface area contributed by atoms with Crippen LogP contribution in [0.1, 0.15) is 11.4 Å². The van der Waals surface area contributed by atoms with Crippen LogP contribution in [0.15, 0.2) is 37.3 Å². The van der Waals surface area contributed by atoms with E-state index in [0.29, 0.717) is 37.0 Å². The van der Waals surface area contributed by atoms with Crippen LogP contribution in [0, 0.1) is 13.8 Å². The Bertz CT molecular complexity index is 1110. The third-order valence-electron chi connectivity index (χ3n) is 5.12. The summed E-state index contributed by atoms with van der Waals surface area (Å²) in [5.41, 5.74) is 3.39. The van der Waals surface area contributed by atoms with E-state index in [1.807, 2.05) is 26.0 Å². The zero-order chi connectivity index (χ0) is 20.5. The van der Waals surface area contributed by atoms with Crippen LogP contribution in [-0.4, -0.2) is 56.9 Å². The van der Waals surface area contributed by atoms with Crippen molar-refractivity contribution in [2.45, 2.75) is 13.8 Å². The molecule has 1 amide bonds. The largest absolute Gasteiger partial charge is 0.352 e. The summed E-state index contributed by atoms with van der Waals surface area (Å²) in [6.45, 7) is 10.0. The number of hydrogen-bond acceptors (Lipinski definition) is 6. The van der Waals surface area contributed by atoms with Crippen molar-refractivity contribution in [2.24, 2.45) is 0 Å². The van der Waals surface area contributed by atoms with Gasteiger partial charge < -0.3 is 9.80 Å². The highest BCUT2D eigenvalue weighted by Crippen LogP contribution is 2.35. The smallest absolute Gasteiger partial charge is 0.246 e. The molecule has 4 rings (SSSR count). The molecule has 2 aromatic heterocycles. The van der Waals surface area contributed by atoms with E-state index in [-0.39, 0.29) is 5.91 Å². The minimum Gasteiger partial charge on any atom is -0.352 e. The van der Waals surface area contributed by atoms with Crippen molar-refractivity contribution in [3.8, 4) is 11.3 Å². The van der Waals surface area contributed by atoms with Gasteiger partial charge in [-0.2, -0.15) is 0 Å². The van der Waals surface area contributed by atoms with Gasteiger partial charge in [0.1, 0.15) is 18.0 Å². The van der Waals surface area contributed by atoms with Gasteiger partial charge in [-0.05, 0) is 37.6 Å². The van der Waals surface area contributed by atoms with Gasteiger partial charge in [0.2, 0.25) is 5.91 Å². The maximum absolute atomic E-state index is 11.8. The molecule has 8 heteroatoms. The lowest BCUT2D eigenvalue weighted by Crippen LogP contribution is -2.48. The fourth-order valence-electron chi connectivity index (χ4n) is 3.57. The SMILES string of the molecule is C=CC(=O)N1CCN(c2ncnc3cc(-c4nc(C)ncc4C)c(Cl)cc23)CC1. The van der Waals surface area contributed by atoms with Crippen molar-refractivity contribution in [3.63, 3.8) is 0 Å². The standard InChI is InChI=1S/C21H21ClN6O/c1-4-19(29)27-5-7-28(8-6-27)21-16-9-17(22)15(10-18(16)24-12-25-21)20-13(2)11-23-14(3)26-20/h4,9-12H,1,5-8H2,2-3H3. The summed E-state index contributed by atoms with van der Waals surface area (Å²) in [6.07, 6.45) is 4.72. The Morgan fingerprint density at radius 1 is 1.14 bits per heavy atom. The number of halogens is 1. The average molecular weight is 409 g/mol. The molecule has 7 nitrogen and oxygen atoms in total. The minimum atomic E-state index is -0.0413. The van der Waals surface area contributed by atoms with Gasteiger partial charge in [0, 0.05) is 43.3 Å². The molecule has 0 bridgehead atoms. The van der Waals surface area contributed by atoms with Crippen LogP contribution >= 0.6 is 11.6 Å². The second-order valence-electron chi connectivity index (χ2n) is 7.01. The van der Waals surface area contributed by atoms with Crippen LogP contribution in [0.2, 0.25) is 5.02 Å². The summed E-state index contributed by atoms with van der Waals surface area (Å²) in [5.74, 6) is 1.47. The van der Waals surface area contributed by atoms with Crippen molar-refractivity contribution in [2.75, 3.05) is 31.1 Å². The first-order chi connectivity index (χ1) is 14.0. The van der Waals surface area contributed by atoms with Gasteiger partial charge >= 0.3 is 0 Å². The molecule has 0 radical (unpaired) electrons. The number of carbonyl (C=O) groups excluding carboxylic acids is 1. The lowest BCUT2D eigenvalue weighted by Gasteiger charge is -2.35. The molecular weight excluding hydrogens is 388 g/mol. The number of hydrogen-bond donors (Lipinski definition) is 0. The van der Waals surface area contributed by atoms with E-state index in [9.17, 15) is 4.79 Å². The van der Waals surface area contributed by atoms with Gasteiger partial charge in [-0.3, -0.25) is 4.79 Å². The molecule has 0 atom stereocenters. The van der Waals surface area contributed by atoms with Gasteiger partial charge in [-0.15, -0.1) is 0 Å². The molecule has 0 saturated carbocycles.